The number of pyridine rings is 1. The van der Waals surface area contributed by atoms with Gasteiger partial charge in [0, 0.05) is 30.8 Å². The van der Waals surface area contributed by atoms with E-state index in [1.807, 2.05) is 25.5 Å². The van der Waals surface area contributed by atoms with Gasteiger partial charge < -0.3 is 19.8 Å². The van der Waals surface area contributed by atoms with E-state index in [0.29, 0.717) is 6.61 Å². The number of methoxy groups -OCH3 is 1. The van der Waals surface area contributed by atoms with Gasteiger partial charge in [-0.3, -0.25) is 4.98 Å². The Labute approximate surface area is 157 Å². The molecule has 4 heterocycles. The molecule has 0 amide bonds. The second kappa shape index (κ2) is 5.82. The smallest absolute Gasteiger partial charge is 0.128 e. The number of amidine groups is 1. The molecule has 6 heteroatoms. The van der Waals surface area contributed by atoms with E-state index in [-0.39, 0.29) is 5.41 Å². The molecule has 1 spiro atoms. The summed E-state index contributed by atoms with van der Waals surface area (Å²) < 4.78 is 11.5. The van der Waals surface area contributed by atoms with Crippen molar-refractivity contribution in [2.45, 2.75) is 18.8 Å². The van der Waals surface area contributed by atoms with Crippen molar-refractivity contribution in [1.29, 1.82) is 0 Å². The standard InChI is InChI=1S/C21H22N4O2/c1-12-13-4-6-23-10-17(13)24-19(12)14-8-16-15(9-18(14)26-3)21(5-7-27-11-21)20(22-2)25-16/h4,6,8-10,24H,5,7,11H2,1-3H3,(H,22,25). The number of rotatable bonds is 2. The predicted molar refractivity (Wildman–Crippen MR) is 106 cm³/mol. The lowest BCUT2D eigenvalue weighted by Gasteiger charge is -2.25. The number of H-pyrrole nitrogens is 1. The number of nitrogens with zero attached hydrogens (tertiary/aromatic N) is 2. The minimum atomic E-state index is -0.185. The van der Waals surface area contributed by atoms with E-state index in [4.69, 9.17) is 14.5 Å². The summed E-state index contributed by atoms with van der Waals surface area (Å²) in [6.45, 7) is 3.52. The first-order valence-electron chi connectivity index (χ1n) is 9.18. The second-order valence-electron chi connectivity index (χ2n) is 7.21. The van der Waals surface area contributed by atoms with E-state index in [1.165, 1.54) is 16.5 Å². The molecular weight excluding hydrogens is 340 g/mol. The summed E-state index contributed by atoms with van der Waals surface area (Å²) >= 11 is 0. The molecule has 1 atom stereocenters. The van der Waals surface area contributed by atoms with Gasteiger partial charge in [-0.1, -0.05) is 0 Å². The molecule has 1 saturated heterocycles. The van der Waals surface area contributed by atoms with E-state index in [1.54, 1.807) is 7.11 Å². The van der Waals surface area contributed by atoms with Gasteiger partial charge in [0.15, 0.2) is 0 Å². The zero-order valence-electron chi connectivity index (χ0n) is 15.7. The minimum absolute atomic E-state index is 0.185. The summed E-state index contributed by atoms with van der Waals surface area (Å²) in [4.78, 5) is 12.6. The van der Waals surface area contributed by atoms with Gasteiger partial charge in [0.25, 0.3) is 0 Å². The van der Waals surface area contributed by atoms with Gasteiger partial charge in [-0.2, -0.15) is 0 Å². The molecule has 2 aliphatic rings. The molecule has 5 rings (SSSR count). The average Bonchev–Trinajstić information content (AvgIpc) is 3.39. The number of aromatic amines is 1. The van der Waals surface area contributed by atoms with E-state index < -0.39 is 0 Å². The van der Waals surface area contributed by atoms with Crippen molar-refractivity contribution in [3.05, 3.63) is 41.7 Å². The first kappa shape index (κ1) is 16.3. The van der Waals surface area contributed by atoms with Crippen molar-refractivity contribution < 1.29 is 9.47 Å². The summed E-state index contributed by atoms with van der Waals surface area (Å²) in [6, 6.07) is 6.30. The molecule has 27 heavy (non-hydrogen) atoms. The first-order valence-corrected chi connectivity index (χ1v) is 9.18. The van der Waals surface area contributed by atoms with Gasteiger partial charge in [0.1, 0.15) is 11.6 Å². The molecule has 1 aromatic carbocycles. The van der Waals surface area contributed by atoms with Gasteiger partial charge in [-0.15, -0.1) is 0 Å². The lowest BCUT2D eigenvalue weighted by Crippen LogP contribution is -2.41. The maximum absolute atomic E-state index is 5.80. The first-order chi connectivity index (χ1) is 13.2. The maximum atomic E-state index is 5.80. The fourth-order valence-electron chi connectivity index (χ4n) is 4.48. The zero-order chi connectivity index (χ0) is 18.6. The van der Waals surface area contributed by atoms with Crippen molar-refractivity contribution in [1.82, 2.24) is 15.3 Å². The van der Waals surface area contributed by atoms with Crippen LogP contribution in [0.4, 0.5) is 5.69 Å². The number of aliphatic imine (C=N–C) groups is 1. The minimum Gasteiger partial charge on any atom is -0.496 e. The van der Waals surface area contributed by atoms with Gasteiger partial charge in [0.05, 0.1) is 42.2 Å². The molecule has 1 unspecified atom stereocenters. The van der Waals surface area contributed by atoms with Crippen LogP contribution in [0.2, 0.25) is 0 Å². The molecule has 3 aromatic rings. The lowest BCUT2D eigenvalue weighted by atomic mass is 9.79. The van der Waals surface area contributed by atoms with E-state index >= 15 is 0 Å². The highest BCUT2D eigenvalue weighted by molar-refractivity contribution is 6.02. The summed E-state index contributed by atoms with van der Waals surface area (Å²) in [5.74, 6) is 1.82. The molecule has 1 fully saturated rings. The number of aromatic nitrogens is 2. The number of aryl methyl sites for hydroxylation is 1. The van der Waals surface area contributed by atoms with Crippen LogP contribution in [-0.2, 0) is 10.2 Å². The fraction of sp³-hybridized carbons (Fsp3) is 0.333. The zero-order valence-corrected chi connectivity index (χ0v) is 15.7. The summed E-state index contributed by atoms with van der Waals surface area (Å²) in [6.07, 6.45) is 4.60. The van der Waals surface area contributed by atoms with Crippen molar-refractivity contribution in [3.8, 4) is 17.0 Å². The molecule has 2 aromatic heterocycles. The average molecular weight is 362 g/mol. The van der Waals surface area contributed by atoms with Crippen molar-refractivity contribution in [3.63, 3.8) is 0 Å². The summed E-state index contributed by atoms with van der Waals surface area (Å²) in [5.41, 5.74) is 6.24. The number of ether oxygens (including phenoxy) is 2. The Morgan fingerprint density at radius 3 is 2.93 bits per heavy atom. The van der Waals surface area contributed by atoms with Crippen molar-refractivity contribution in [2.75, 3.05) is 27.4 Å². The van der Waals surface area contributed by atoms with Crippen LogP contribution >= 0.6 is 0 Å². The molecule has 2 N–H and O–H groups in total. The predicted octanol–water partition coefficient (Wildman–Crippen LogP) is 3.47. The Kier molecular flexibility index (Phi) is 3.52. The number of hydrogen-bond acceptors (Lipinski definition) is 5. The van der Waals surface area contributed by atoms with Crippen LogP contribution < -0.4 is 10.1 Å². The second-order valence-corrected chi connectivity index (χ2v) is 7.21. The molecule has 138 valence electrons. The molecule has 2 aliphatic heterocycles. The normalized spacial score (nSPS) is 20.9. The number of fused-ring (bicyclic) bond motifs is 3. The lowest BCUT2D eigenvalue weighted by molar-refractivity contribution is 0.188. The Balaban J connectivity index is 1.73. The molecule has 0 saturated carbocycles. The van der Waals surface area contributed by atoms with Gasteiger partial charge in [-0.25, -0.2) is 4.99 Å². The summed E-state index contributed by atoms with van der Waals surface area (Å²) in [5, 5.41) is 4.46. The Bertz CT molecular complexity index is 1080. The monoisotopic (exact) mass is 362 g/mol. The van der Waals surface area contributed by atoms with Crippen LogP contribution in [0.1, 0.15) is 17.5 Å². The van der Waals surface area contributed by atoms with Crippen molar-refractivity contribution in [2.24, 2.45) is 4.99 Å². The maximum Gasteiger partial charge on any atom is 0.128 e. The Hall–Kier alpha value is -2.86. The molecule has 0 aliphatic carbocycles. The highest BCUT2D eigenvalue weighted by atomic mass is 16.5. The number of hydrogen-bond donors (Lipinski definition) is 2. The largest absolute Gasteiger partial charge is 0.496 e. The van der Waals surface area contributed by atoms with Gasteiger partial charge >= 0.3 is 0 Å². The molecule has 0 bridgehead atoms. The highest BCUT2D eigenvalue weighted by Crippen LogP contribution is 2.49. The topological polar surface area (TPSA) is 71.5 Å². The van der Waals surface area contributed by atoms with Crippen LogP contribution in [0.25, 0.3) is 22.2 Å². The molecule has 6 nitrogen and oxygen atoms in total. The third kappa shape index (κ3) is 2.16. The van der Waals surface area contributed by atoms with Gasteiger partial charge in [0.2, 0.25) is 0 Å². The van der Waals surface area contributed by atoms with Crippen LogP contribution in [-0.4, -0.2) is 43.2 Å². The number of nitrogens with one attached hydrogen (secondary N) is 2. The fourth-order valence-corrected chi connectivity index (χ4v) is 4.48. The highest BCUT2D eigenvalue weighted by Gasteiger charge is 2.47. The van der Waals surface area contributed by atoms with E-state index in [2.05, 4.69) is 34.3 Å². The Morgan fingerprint density at radius 1 is 1.33 bits per heavy atom. The van der Waals surface area contributed by atoms with Gasteiger partial charge in [-0.05, 0) is 42.7 Å². The van der Waals surface area contributed by atoms with Crippen LogP contribution in [0.15, 0.2) is 35.6 Å². The third-order valence-corrected chi connectivity index (χ3v) is 5.91. The molecular formula is C21H22N4O2. The summed E-state index contributed by atoms with van der Waals surface area (Å²) in [7, 11) is 3.65. The van der Waals surface area contributed by atoms with Crippen LogP contribution in [0, 0.1) is 6.92 Å². The SMILES string of the molecule is CNC1=Nc2cc(-c3[nH]c4cnccc4c3C)c(OC)cc2C12CCOC2. The number of likely N-dealkylation sites (N-methyl/N-ethyl adjacent to an activating group) is 1. The van der Waals surface area contributed by atoms with Crippen molar-refractivity contribution >= 4 is 22.4 Å². The Morgan fingerprint density at radius 2 is 2.22 bits per heavy atom. The molecule has 0 radical (unpaired) electrons. The van der Waals surface area contributed by atoms with E-state index in [9.17, 15) is 0 Å². The third-order valence-electron chi connectivity index (χ3n) is 5.91. The van der Waals surface area contributed by atoms with E-state index in [0.717, 1.165) is 47.1 Å². The van der Waals surface area contributed by atoms with Crippen LogP contribution in [0.5, 0.6) is 5.75 Å². The number of benzene rings is 1. The van der Waals surface area contributed by atoms with Crippen LogP contribution in [0.3, 0.4) is 0 Å². The quantitative estimate of drug-likeness (QED) is 0.732.